The zero-order chi connectivity index (χ0) is 14.1. The van der Waals surface area contributed by atoms with Gasteiger partial charge in [0.05, 0.1) is 24.9 Å². The average molecular weight is 368 g/mol. The topological polar surface area (TPSA) is 42.0 Å². The molecule has 0 aliphatic heterocycles. The van der Waals surface area contributed by atoms with Crippen LogP contribution in [0.2, 0.25) is 5.02 Å². The Morgan fingerprint density at radius 2 is 2.10 bits per heavy atom. The Morgan fingerprint density at radius 3 is 2.85 bits per heavy atom. The maximum atomic E-state index is 12.2. The lowest BCUT2D eigenvalue weighted by atomic mass is 10.2. The van der Waals surface area contributed by atoms with Crippen LogP contribution in [0.4, 0.5) is 5.69 Å². The van der Waals surface area contributed by atoms with Crippen LogP contribution in [0.15, 0.2) is 46.4 Å². The fourth-order valence-corrected chi connectivity index (χ4v) is 3.36. The molecule has 0 saturated carbocycles. The van der Waals surface area contributed by atoms with Crippen LogP contribution in [0.5, 0.6) is 0 Å². The van der Waals surface area contributed by atoms with E-state index in [0.29, 0.717) is 21.1 Å². The molecule has 100 valence electrons. The highest BCUT2D eigenvalue weighted by Crippen LogP contribution is 2.29. The maximum Gasteiger partial charge on any atom is 0.265 e. The van der Waals surface area contributed by atoms with Gasteiger partial charge in [0, 0.05) is 11.6 Å². The molecule has 3 rings (SSSR count). The molecular formula is C14H8BrClN2OS. The number of amides is 1. The van der Waals surface area contributed by atoms with Crippen molar-refractivity contribution >= 4 is 61.4 Å². The van der Waals surface area contributed by atoms with Crippen LogP contribution in [0.25, 0.3) is 10.9 Å². The third kappa shape index (κ3) is 2.57. The summed E-state index contributed by atoms with van der Waals surface area (Å²) in [6.45, 7) is 0. The summed E-state index contributed by atoms with van der Waals surface area (Å²) in [7, 11) is 0. The van der Waals surface area contributed by atoms with Crippen molar-refractivity contribution in [1.29, 1.82) is 0 Å². The summed E-state index contributed by atoms with van der Waals surface area (Å²) in [6.07, 6.45) is 1.68. The van der Waals surface area contributed by atoms with Crippen molar-refractivity contribution in [3.8, 4) is 0 Å². The van der Waals surface area contributed by atoms with Crippen LogP contribution in [-0.4, -0.2) is 10.9 Å². The second-order valence-electron chi connectivity index (χ2n) is 4.05. The van der Waals surface area contributed by atoms with Crippen LogP contribution in [0.3, 0.4) is 0 Å². The molecule has 0 unspecified atom stereocenters. The standard InChI is InChI=1S/C14H8BrClN2OS/c15-12-6-5-11(20-12)14(19)18-10-4-3-9(16)8-2-1-7-17-13(8)10/h1-7H,(H,18,19). The molecule has 3 aromatic rings. The number of anilines is 1. The summed E-state index contributed by atoms with van der Waals surface area (Å²) in [5.41, 5.74) is 1.34. The monoisotopic (exact) mass is 366 g/mol. The van der Waals surface area contributed by atoms with Gasteiger partial charge in [-0.15, -0.1) is 11.3 Å². The first-order valence-corrected chi connectivity index (χ1v) is 7.74. The fraction of sp³-hybridized carbons (Fsp3) is 0. The van der Waals surface area contributed by atoms with Gasteiger partial charge < -0.3 is 5.32 Å². The van der Waals surface area contributed by atoms with Gasteiger partial charge in [-0.3, -0.25) is 9.78 Å². The number of halogens is 2. The van der Waals surface area contributed by atoms with Crippen molar-refractivity contribution in [3.63, 3.8) is 0 Å². The molecular weight excluding hydrogens is 360 g/mol. The number of pyridine rings is 1. The van der Waals surface area contributed by atoms with Crippen molar-refractivity contribution in [1.82, 2.24) is 4.98 Å². The molecule has 0 bridgehead atoms. The molecule has 1 aromatic carbocycles. The number of benzene rings is 1. The van der Waals surface area contributed by atoms with E-state index in [4.69, 9.17) is 11.6 Å². The quantitative estimate of drug-likeness (QED) is 0.695. The van der Waals surface area contributed by atoms with Gasteiger partial charge in [0.25, 0.3) is 5.91 Å². The second kappa shape index (κ2) is 5.52. The van der Waals surface area contributed by atoms with Crippen LogP contribution < -0.4 is 5.32 Å². The highest BCUT2D eigenvalue weighted by molar-refractivity contribution is 9.11. The summed E-state index contributed by atoms with van der Waals surface area (Å²) in [4.78, 5) is 17.1. The maximum absolute atomic E-state index is 12.2. The van der Waals surface area contributed by atoms with Crippen molar-refractivity contribution < 1.29 is 4.79 Å². The largest absolute Gasteiger partial charge is 0.319 e. The fourth-order valence-electron chi connectivity index (χ4n) is 1.86. The third-order valence-corrected chi connectivity index (χ3v) is 4.71. The molecule has 20 heavy (non-hydrogen) atoms. The van der Waals surface area contributed by atoms with E-state index in [9.17, 15) is 4.79 Å². The van der Waals surface area contributed by atoms with Crippen LogP contribution in [-0.2, 0) is 0 Å². The number of aromatic nitrogens is 1. The first kappa shape index (κ1) is 13.5. The molecule has 0 spiro atoms. The molecule has 2 heterocycles. The molecule has 3 nitrogen and oxygen atoms in total. The summed E-state index contributed by atoms with van der Waals surface area (Å²) in [5.74, 6) is -0.157. The van der Waals surface area contributed by atoms with Gasteiger partial charge in [-0.05, 0) is 52.3 Å². The summed E-state index contributed by atoms with van der Waals surface area (Å²) in [6, 6.07) is 10.8. The summed E-state index contributed by atoms with van der Waals surface area (Å²) < 4.78 is 0.918. The molecule has 0 aliphatic rings. The Bertz CT molecular complexity index is 803. The van der Waals surface area contributed by atoms with Crippen molar-refractivity contribution in [2.45, 2.75) is 0 Å². The Hall–Kier alpha value is -1.43. The Morgan fingerprint density at radius 1 is 1.25 bits per heavy atom. The SMILES string of the molecule is O=C(Nc1ccc(Cl)c2cccnc12)c1ccc(Br)s1. The third-order valence-electron chi connectivity index (χ3n) is 2.76. The number of carbonyl (C=O) groups excluding carboxylic acids is 1. The van der Waals surface area contributed by atoms with Gasteiger partial charge in [0.2, 0.25) is 0 Å². The van der Waals surface area contributed by atoms with Gasteiger partial charge in [0.15, 0.2) is 0 Å². The molecule has 1 amide bonds. The van der Waals surface area contributed by atoms with Crippen molar-refractivity contribution in [2.75, 3.05) is 5.32 Å². The predicted octanol–water partition coefficient (Wildman–Crippen LogP) is 4.96. The number of hydrogen-bond acceptors (Lipinski definition) is 3. The van der Waals surface area contributed by atoms with Gasteiger partial charge in [-0.2, -0.15) is 0 Å². The van der Waals surface area contributed by atoms with Gasteiger partial charge in [-0.25, -0.2) is 0 Å². The lowest BCUT2D eigenvalue weighted by Crippen LogP contribution is -2.10. The number of thiophene rings is 1. The smallest absolute Gasteiger partial charge is 0.265 e. The molecule has 1 N–H and O–H groups in total. The predicted molar refractivity (Wildman–Crippen MR) is 86.7 cm³/mol. The lowest BCUT2D eigenvalue weighted by molar-refractivity contribution is 0.103. The van der Waals surface area contributed by atoms with E-state index < -0.39 is 0 Å². The van der Waals surface area contributed by atoms with Crippen LogP contribution in [0.1, 0.15) is 9.67 Å². The Balaban J connectivity index is 1.99. The summed E-state index contributed by atoms with van der Waals surface area (Å²) in [5, 5.41) is 4.31. The second-order valence-corrected chi connectivity index (χ2v) is 6.92. The van der Waals surface area contributed by atoms with Gasteiger partial charge >= 0.3 is 0 Å². The number of nitrogens with one attached hydrogen (secondary N) is 1. The average Bonchev–Trinajstić information content (AvgIpc) is 2.89. The molecule has 0 fully saturated rings. The first-order chi connectivity index (χ1) is 9.65. The molecule has 0 saturated heterocycles. The van der Waals surface area contributed by atoms with E-state index >= 15 is 0 Å². The highest BCUT2D eigenvalue weighted by atomic mass is 79.9. The van der Waals surface area contributed by atoms with Crippen molar-refractivity contribution in [2.24, 2.45) is 0 Å². The normalized spacial score (nSPS) is 10.7. The van der Waals surface area contributed by atoms with E-state index in [1.807, 2.05) is 18.2 Å². The number of rotatable bonds is 2. The van der Waals surface area contributed by atoms with Crippen LogP contribution >= 0.6 is 38.9 Å². The summed E-state index contributed by atoms with van der Waals surface area (Å²) >= 11 is 10.9. The number of nitrogens with zero attached hydrogens (tertiary/aromatic N) is 1. The molecule has 0 radical (unpaired) electrons. The lowest BCUT2D eigenvalue weighted by Gasteiger charge is -2.08. The minimum atomic E-state index is -0.157. The molecule has 0 aliphatic carbocycles. The van der Waals surface area contributed by atoms with E-state index in [-0.39, 0.29) is 5.91 Å². The zero-order valence-corrected chi connectivity index (χ0v) is 13.2. The van der Waals surface area contributed by atoms with Crippen LogP contribution in [0, 0.1) is 0 Å². The minimum absolute atomic E-state index is 0.157. The Kier molecular flexibility index (Phi) is 3.74. The van der Waals surface area contributed by atoms with Crippen molar-refractivity contribution in [3.05, 3.63) is 56.3 Å². The number of fused-ring (bicyclic) bond motifs is 1. The number of carbonyl (C=O) groups is 1. The van der Waals surface area contributed by atoms with E-state index in [1.165, 1.54) is 11.3 Å². The van der Waals surface area contributed by atoms with E-state index in [1.54, 1.807) is 24.4 Å². The molecule has 2 aromatic heterocycles. The number of hydrogen-bond donors (Lipinski definition) is 1. The first-order valence-electron chi connectivity index (χ1n) is 5.75. The van der Waals surface area contributed by atoms with Gasteiger partial charge in [0.1, 0.15) is 0 Å². The minimum Gasteiger partial charge on any atom is -0.319 e. The van der Waals surface area contributed by atoms with Gasteiger partial charge in [-0.1, -0.05) is 11.6 Å². The molecule has 0 atom stereocenters. The highest BCUT2D eigenvalue weighted by Gasteiger charge is 2.12. The Labute approximate surface area is 132 Å². The van der Waals surface area contributed by atoms with E-state index in [0.717, 1.165) is 9.17 Å². The van der Waals surface area contributed by atoms with E-state index in [2.05, 4.69) is 26.2 Å². The molecule has 6 heteroatoms. The zero-order valence-electron chi connectivity index (χ0n) is 10.1.